The quantitative estimate of drug-likeness (QED) is 0.861. The lowest BCUT2D eigenvalue weighted by Gasteiger charge is -2.34. The fourth-order valence-electron chi connectivity index (χ4n) is 3.33. The molecule has 5 heteroatoms. The van der Waals surface area contributed by atoms with E-state index in [9.17, 15) is 9.59 Å². The zero-order valence-corrected chi connectivity index (χ0v) is 15.9. The first-order valence-corrected chi connectivity index (χ1v) is 9.17. The standard InChI is InChI=1S/C20H31N3O2/c1-15(2)20(25)23-12-8-11-17(13-23)19(24)21-18(14-22(3)4)16-9-6-5-7-10-16/h5-7,9-10,15,17-18H,8,11-14H2,1-4H3,(H,21,24)/t17-,18-/m0/s1. The Morgan fingerprint density at radius 3 is 2.52 bits per heavy atom. The molecular weight excluding hydrogens is 314 g/mol. The predicted octanol–water partition coefficient (Wildman–Crippen LogP) is 2.30. The number of likely N-dealkylation sites (tertiary alicyclic amines) is 1. The molecule has 0 spiro atoms. The number of hydrogen-bond donors (Lipinski definition) is 1. The van der Waals surface area contributed by atoms with Crippen LogP contribution < -0.4 is 5.32 Å². The molecule has 5 nitrogen and oxygen atoms in total. The topological polar surface area (TPSA) is 52.7 Å². The van der Waals surface area contributed by atoms with Crippen molar-refractivity contribution in [1.82, 2.24) is 15.1 Å². The number of carbonyl (C=O) groups is 2. The zero-order valence-electron chi connectivity index (χ0n) is 15.9. The van der Waals surface area contributed by atoms with E-state index >= 15 is 0 Å². The van der Waals surface area contributed by atoms with E-state index in [0.717, 1.165) is 31.5 Å². The molecular formula is C20H31N3O2. The Labute approximate surface area is 151 Å². The van der Waals surface area contributed by atoms with Crippen LogP contribution in [0.3, 0.4) is 0 Å². The van der Waals surface area contributed by atoms with Gasteiger partial charge in [0, 0.05) is 25.6 Å². The first kappa shape index (κ1) is 19.4. The molecule has 25 heavy (non-hydrogen) atoms. The van der Waals surface area contributed by atoms with Crippen LogP contribution in [0, 0.1) is 11.8 Å². The number of carbonyl (C=O) groups excluding carboxylic acids is 2. The van der Waals surface area contributed by atoms with Gasteiger partial charge in [-0.2, -0.15) is 0 Å². The van der Waals surface area contributed by atoms with Gasteiger partial charge in [0.15, 0.2) is 0 Å². The fourth-order valence-corrected chi connectivity index (χ4v) is 3.33. The smallest absolute Gasteiger partial charge is 0.225 e. The van der Waals surface area contributed by atoms with Crippen LogP contribution in [0.1, 0.15) is 38.3 Å². The zero-order chi connectivity index (χ0) is 18.4. The van der Waals surface area contributed by atoms with Crippen LogP contribution in [0.15, 0.2) is 30.3 Å². The van der Waals surface area contributed by atoms with Crippen molar-refractivity contribution >= 4 is 11.8 Å². The summed E-state index contributed by atoms with van der Waals surface area (Å²) in [6, 6.07) is 10.0. The summed E-state index contributed by atoms with van der Waals surface area (Å²) in [6.45, 7) is 5.87. The SMILES string of the molecule is CC(C)C(=O)N1CCC[C@H](C(=O)N[C@@H](CN(C)C)c2ccccc2)C1. The van der Waals surface area contributed by atoms with Crippen LogP contribution >= 0.6 is 0 Å². The van der Waals surface area contributed by atoms with E-state index in [4.69, 9.17) is 0 Å². The van der Waals surface area contributed by atoms with Gasteiger partial charge in [0.2, 0.25) is 11.8 Å². The Morgan fingerprint density at radius 2 is 1.92 bits per heavy atom. The maximum Gasteiger partial charge on any atom is 0.225 e. The molecule has 138 valence electrons. The summed E-state index contributed by atoms with van der Waals surface area (Å²) in [5, 5.41) is 3.20. The van der Waals surface area contributed by atoms with Gasteiger partial charge in [0.1, 0.15) is 0 Å². The lowest BCUT2D eigenvalue weighted by Crippen LogP contribution is -2.48. The van der Waals surface area contributed by atoms with Crippen LogP contribution in [0.2, 0.25) is 0 Å². The molecule has 1 saturated heterocycles. The second-order valence-corrected chi connectivity index (χ2v) is 7.51. The van der Waals surface area contributed by atoms with Gasteiger partial charge < -0.3 is 15.1 Å². The Bertz CT molecular complexity index is 572. The summed E-state index contributed by atoms with van der Waals surface area (Å²) >= 11 is 0. The number of piperidine rings is 1. The van der Waals surface area contributed by atoms with Crippen molar-refractivity contribution in [3.63, 3.8) is 0 Å². The van der Waals surface area contributed by atoms with E-state index in [2.05, 4.69) is 10.2 Å². The highest BCUT2D eigenvalue weighted by Gasteiger charge is 2.30. The number of rotatable bonds is 6. The Morgan fingerprint density at radius 1 is 1.24 bits per heavy atom. The number of nitrogens with one attached hydrogen (secondary N) is 1. The minimum Gasteiger partial charge on any atom is -0.348 e. The monoisotopic (exact) mass is 345 g/mol. The molecule has 0 bridgehead atoms. The maximum absolute atomic E-state index is 12.8. The molecule has 1 aromatic rings. The molecule has 1 aromatic carbocycles. The van der Waals surface area contributed by atoms with Gasteiger partial charge in [0.25, 0.3) is 0 Å². The first-order valence-electron chi connectivity index (χ1n) is 9.17. The summed E-state index contributed by atoms with van der Waals surface area (Å²) < 4.78 is 0. The van der Waals surface area contributed by atoms with E-state index in [1.54, 1.807) is 0 Å². The molecule has 1 aliphatic rings. The molecule has 0 aromatic heterocycles. The third-order valence-electron chi connectivity index (χ3n) is 4.66. The lowest BCUT2D eigenvalue weighted by atomic mass is 9.95. The summed E-state index contributed by atoms with van der Waals surface area (Å²) in [4.78, 5) is 29.0. The minimum absolute atomic E-state index is 0.0207. The second-order valence-electron chi connectivity index (χ2n) is 7.51. The van der Waals surface area contributed by atoms with Crippen molar-refractivity contribution in [2.75, 3.05) is 33.7 Å². The van der Waals surface area contributed by atoms with E-state index in [0.29, 0.717) is 6.54 Å². The highest BCUT2D eigenvalue weighted by molar-refractivity contribution is 5.82. The largest absolute Gasteiger partial charge is 0.348 e. The molecule has 2 rings (SSSR count). The van der Waals surface area contributed by atoms with Crippen LogP contribution in [-0.4, -0.2) is 55.3 Å². The third kappa shape index (κ3) is 5.56. The number of nitrogens with zero attached hydrogens (tertiary/aromatic N) is 2. The minimum atomic E-state index is -0.121. The fraction of sp³-hybridized carbons (Fsp3) is 0.600. The molecule has 1 fully saturated rings. The van der Waals surface area contributed by atoms with Gasteiger partial charge >= 0.3 is 0 Å². The first-order chi connectivity index (χ1) is 11.9. The van der Waals surface area contributed by atoms with Crippen LogP contribution in [-0.2, 0) is 9.59 Å². The summed E-state index contributed by atoms with van der Waals surface area (Å²) in [5.74, 6) is 0.0554. The van der Waals surface area contributed by atoms with Crippen molar-refractivity contribution in [2.45, 2.75) is 32.7 Å². The Balaban J connectivity index is 2.03. The van der Waals surface area contributed by atoms with Crippen molar-refractivity contribution in [2.24, 2.45) is 11.8 Å². The number of amides is 2. The third-order valence-corrected chi connectivity index (χ3v) is 4.66. The van der Waals surface area contributed by atoms with Gasteiger partial charge in [-0.1, -0.05) is 44.2 Å². The lowest BCUT2D eigenvalue weighted by molar-refractivity contribution is -0.138. The van der Waals surface area contributed by atoms with E-state index < -0.39 is 0 Å². The Hall–Kier alpha value is -1.88. The van der Waals surface area contributed by atoms with Gasteiger partial charge in [-0.05, 0) is 32.5 Å². The molecule has 2 amide bonds. The molecule has 1 aliphatic heterocycles. The second kappa shape index (κ2) is 8.99. The molecule has 0 unspecified atom stereocenters. The normalized spacial score (nSPS) is 19.1. The van der Waals surface area contributed by atoms with Crippen molar-refractivity contribution in [3.05, 3.63) is 35.9 Å². The Kier molecular flexibility index (Phi) is 7.00. The van der Waals surface area contributed by atoms with Gasteiger partial charge in [-0.25, -0.2) is 0 Å². The average molecular weight is 345 g/mol. The van der Waals surface area contributed by atoms with E-state index in [1.165, 1.54) is 0 Å². The van der Waals surface area contributed by atoms with Gasteiger partial charge in [0.05, 0.1) is 12.0 Å². The van der Waals surface area contributed by atoms with E-state index in [1.807, 2.05) is 63.2 Å². The molecule has 2 atom stereocenters. The molecule has 0 radical (unpaired) electrons. The number of hydrogen-bond acceptors (Lipinski definition) is 3. The van der Waals surface area contributed by atoms with Crippen molar-refractivity contribution < 1.29 is 9.59 Å². The van der Waals surface area contributed by atoms with E-state index in [-0.39, 0.29) is 29.7 Å². The van der Waals surface area contributed by atoms with Crippen LogP contribution in [0.4, 0.5) is 0 Å². The van der Waals surface area contributed by atoms with Crippen LogP contribution in [0.25, 0.3) is 0 Å². The summed E-state index contributed by atoms with van der Waals surface area (Å²) in [5.41, 5.74) is 1.11. The predicted molar refractivity (Wildman–Crippen MR) is 100 cm³/mol. The molecule has 0 saturated carbocycles. The maximum atomic E-state index is 12.8. The molecule has 1 heterocycles. The van der Waals surface area contributed by atoms with Crippen molar-refractivity contribution in [1.29, 1.82) is 0 Å². The van der Waals surface area contributed by atoms with Gasteiger partial charge in [-0.15, -0.1) is 0 Å². The highest BCUT2D eigenvalue weighted by Crippen LogP contribution is 2.21. The summed E-state index contributed by atoms with van der Waals surface area (Å²) in [7, 11) is 4.01. The van der Waals surface area contributed by atoms with Gasteiger partial charge in [-0.3, -0.25) is 9.59 Å². The van der Waals surface area contributed by atoms with Crippen molar-refractivity contribution in [3.8, 4) is 0 Å². The average Bonchev–Trinajstić information content (AvgIpc) is 2.60. The molecule has 1 N–H and O–H groups in total. The highest BCUT2D eigenvalue weighted by atomic mass is 16.2. The number of likely N-dealkylation sites (N-methyl/N-ethyl adjacent to an activating group) is 1. The molecule has 0 aliphatic carbocycles. The summed E-state index contributed by atoms with van der Waals surface area (Å²) in [6.07, 6.45) is 1.73. The van der Waals surface area contributed by atoms with Crippen LogP contribution in [0.5, 0.6) is 0 Å². The number of benzene rings is 1.